The van der Waals surface area contributed by atoms with Gasteiger partial charge in [0, 0.05) is 22.9 Å². The van der Waals surface area contributed by atoms with Crippen LogP contribution in [0.2, 0.25) is 0 Å². The quantitative estimate of drug-likeness (QED) is 0.162. The lowest BCUT2D eigenvalue weighted by molar-refractivity contribution is -0.128. The summed E-state index contributed by atoms with van der Waals surface area (Å²) in [6, 6.07) is 23.0. The number of primary amides is 1. The second kappa shape index (κ2) is 14.8. The predicted octanol–water partition coefficient (Wildman–Crippen LogP) is 3.38. The fourth-order valence-electron chi connectivity index (χ4n) is 5.14. The predicted molar refractivity (Wildman–Crippen MR) is 177 cm³/mol. The van der Waals surface area contributed by atoms with Crippen LogP contribution < -0.4 is 21.7 Å². The molecule has 0 radical (unpaired) electrons. The van der Waals surface area contributed by atoms with Gasteiger partial charge in [-0.25, -0.2) is 4.98 Å². The van der Waals surface area contributed by atoms with Crippen molar-refractivity contribution in [2.24, 2.45) is 5.73 Å². The molecule has 1 aromatic heterocycles. The van der Waals surface area contributed by atoms with E-state index in [1.54, 1.807) is 42.5 Å². The lowest BCUT2D eigenvalue weighted by atomic mass is 9.93. The molecule has 0 spiro atoms. The van der Waals surface area contributed by atoms with E-state index in [4.69, 9.17) is 5.73 Å². The summed E-state index contributed by atoms with van der Waals surface area (Å²) in [6.07, 6.45) is -1.30. The maximum atomic E-state index is 13.7. The number of fused-ring (bicyclic) bond motifs is 1. The molecule has 0 aliphatic heterocycles. The first kappa shape index (κ1) is 33.8. The van der Waals surface area contributed by atoms with E-state index >= 15 is 0 Å². The number of benzene rings is 3. The lowest BCUT2D eigenvalue weighted by Gasteiger charge is -2.28. The number of carbonyl (C=O) groups excluding carboxylic acids is 4. The number of nitrogens with two attached hydrogens (primary N) is 1. The summed E-state index contributed by atoms with van der Waals surface area (Å²) in [7, 11) is 0. The van der Waals surface area contributed by atoms with Gasteiger partial charge in [-0.15, -0.1) is 0 Å². The maximum Gasteiger partial charge on any atom is 0.270 e. The van der Waals surface area contributed by atoms with Gasteiger partial charge in [0.1, 0.15) is 11.7 Å². The van der Waals surface area contributed by atoms with Crippen molar-refractivity contribution in [1.29, 1.82) is 0 Å². The zero-order chi connectivity index (χ0) is 33.4. The maximum absolute atomic E-state index is 13.7. The first-order chi connectivity index (χ1) is 21.8. The van der Waals surface area contributed by atoms with Gasteiger partial charge in [-0.05, 0) is 69.5 Å². The third kappa shape index (κ3) is 9.45. The van der Waals surface area contributed by atoms with Crippen LogP contribution in [0.3, 0.4) is 0 Å². The molecule has 6 N–H and O–H groups in total. The van der Waals surface area contributed by atoms with Gasteiger partial charge in [0.25, 0.3) is 11.8 Å². The van der Waals surface area contributed by atoms with Gasteiger partial charge in [0.05, 0.1) is 24.1 Å². The third-order valence-electron chi connectivity index (χ3n) is 7.37. The molecular formula is C36H41N5O5. The summed E-state index contributed by atoms with van der Waals surface area (Å²) in [5.74, 6) is -2.41. The van der Waals surface area contributed by atoms with Crippen molar-refractivity contribution in [2.75, 3.05) is 0 Å². The van der Waals surface area contributed by atoms with Crippen LogP contribution in [0.25, 0.3) is 10.9 Å². The van der Waals surface area contributed by atoms with Gasteiger partial charge in [0.15, 0.2) is 0 Å². The van der Waals surface area contributed by atoms with Gasteiger partial charge >= 0.3 is 0 Å². The average Bonchev–Trinajstić information content (AvgIpc) is 2.99. The molecule has 240 valence electrons. The zero-order valence-electron chi connectivity index (χ0n) is 26.5. The lowest BCUT2D eigenvalue weighted by Crippen LogP contribution is -2.54. The first-order valence-electron chi connectivity index (χ1n) is 15.2. The van der Waals surface area contributed by atoms with E-state index in [-0.39, 0.29) is 24.4 Å². The minimum atomic E-state index is -1.32. The van der Waals surface area contributed by atoms with E-state index in [2.05, 4.69) is 20.9 Å². The van der Waals surface area contributed by atoms with Gasteiger partial charge in [0.2, 0.25) is 11.8 Å². The van der Waals surface area contributed by atoms with Crippen molar-refractivity contribution < 1.29 is 24.3 Å². The van der Waals surface area contributed by atoms with Gasteiger partial charge in [-0.1, -0.05) is 66.2 Å². The standard InChI is InChI=1S/C36H41N5O5/c1-22-14-16-27-25(18-22)15-17-28(38-27)34(45)40-30(21-32(37)43)35(46)39-29(19-23-10-6-5-7-11-23)31(42)20-24-12-8-9-13-26(24)33(44)41-36(2,3)4/h5-18,29-31,42H,19-21H2,1-4H3,(H2,37,43)(H,39,46)(H,40,45)(H,41,44)/t29-,30-,31+/m0/s1. The van der Waals surface area contributed by atoms with Crippen LogP contribution >= 0.6 is 0 Å². The monoisotopic (exact) mass is 623 g/mol. The molecule has 0 aliphatic carbocycles. The van der Waals surface area contributed by atoms with Crippen LogP contribution in [0.4, 0.5) is 0 Å². The smallest absolute Gasteiger partial charge is 0.270 e. The summed E-state index contributed by atoms with van der Waals surface area (Å²) in [5, 5.41) is 20.8. The number of nitrogens with zero attached hydrogens (tertiary/aromatic N) is 1. The highest BCUT2D eigenvalue weighted by molar-refractivity contribution is 5.99. The van der Waals surface area contributed by atoms with Crippen LogP contribution in [-0.4, -0.2) is 57.4 Å². The highest BCUT2D eigenvalue weighted by Crippen LogP contribution is 2.18. The molecule has 0 saturated heterocycles. The summed E-state index contributed by atoms with van der Waals surface area (Å²) in [4.78, 5) is 56.3. The molecule has 0 unspecified atom stereocenters. The molecular weight excluding hydrogens is 582 g/mol. The summed E-state index contributed by atoms with van der Waals surface area (Å²) in [5.41, 5.74) is 8.59. The second-order valence-electron chi connectivity index (χ2n) is 12.5. The molecule has 4 rings (SSSR count). The largest absolute Gasteiger partial charge is 0.391 e. The molecule has 4 amide bonds. The van der Waals surface area contributed by atoms with E-state index in [0.29, 0.717) is 16.6 Å². The fraction of sp³-hybridized carbons (Fsp3) is 0.306. The fourth-order valence-corrected chi connectivity index (χ4v) is 5.14. The Hall–Kier alpha value is -5.09. The average molecular weight is 624 g/mol. The van der Waals surface area contributed by atoms with Gasteiger partial charge < -0.3 is 26.8 Å². The Morgan fingerprint density at radius 2 is 1.54 bits per heavy atom. The van der Waals surface area contributed by atoms with Crippen LogP contribution in [0, 0.1) is 6.92 Å². The van der Waals surface area contributed by atoms with E-state index in [0.717, 1.165) is 16.5 Å². The number of aliphatic hydroxyl groups is 1. The molecule has 3 atom stereocenters. The Morgan fingerprint density at radius 1 is 0.848 bits per heavy atom. The highest BCUT2D eigenvalue weighted by atomic mass is 16.3. The van der Waals surface area contributed by atoms with Crippen LogP contribution in [0.1, 0.15) is 64.7 Å². The van der Waals surface area contributed by atoms with E-state index in [1.807, 2.05) is 70.2 Å². The molecule has 0 fully saturated rings. The SMILES string of the molecule is Cc1ccc2nc(C(=O)N[C@@H](CC(N)=O)C(=O)N[C@@H](Cc3ccccc3)[C@H](O)Cc3ccccc3C(=O)NC(C)(C)C)ccc2c1. The first-order valence-corrected chi connectivity index (χ1v) is 15.2. The topological polar surface area (TPSA) is 164 Å². The van der Waals surface area contributed by atoms with Crippen molar-refractivity contribution >= 4 is 34.5 Å². The number of amides is 4. The van der Waals surface area contributed by atoms with Crippen molar-refractivity contribution in [1.82, 2.24) is 20.9 Å². The van der Waals surface area contributed by atoms with Gasteiger partial charge in [-0.2, -0.15) is 0 Å². The molecule has 1 heterocycles. The van der Waals surface area contributed by atoms with E-state index in [9.17, 15) is 24.3 Å². The van der Waals surface area contributed by atoms with Gasteiger partial charge in [-0.3, -0.25) is 19.2 Å². The van der Waals surface area contributed by atoms with E-state index in [1.165, 1.54) is 0 Å². The summed E-state index contributed by atoms with van der Waals surface area (Å²) in [6.45, 7) is 7.60. The second-order valence-corrected chi connectivity index (χ2v) is 12.5. The van der Waals surface area contributed by atoms with Crippen molar-refractivity contribution in [3.63, 3.8) is 0 Å². The molecule has 4 aromatic rings. The molecule has 10 nitrogen and oxygen atoms in total. The summed E-state index contributed by atoms with van der Waals surface area (Å²) < 4.78 is 0. The molecule has 0 aliphatic rings. The molecule has 0 saturated carbocycles. The molecule has 0 bridgehead atoms. The number of aryl methyl sites for hydroxylation is 1. The van der Waals surface area contributed by atoms with Crippen LogP contribution in [0.5, 0.6) is 0 Å². The van der Waals surface area contributed by atoms with Crippen LogP contribution in [0.15, 0.2) is 84.9 Å². The number of nitrogens with one attached hydrogen (secondary N) is 3. The normalized spacial score (nSPS) is 13.3. The number of pyridine rings is 1. The van der Waals surface area contributed by atoms with Crippen molar-refractivity contribution in [2.45, 2.75) is 70.7 Å². The Balaban J connectivity index is 1.56. The number of hydrogen-bond acceptors (Lipinski definition) is 6. The molecule has 10 heteroatoms. The number of rotatable bonds is 12. The minimum Gasteiger partial charge on any atom is -0.391 e. The number of aliphatic hydroxyl groups excluding tert-OH is 1. The zero-order valence-corrected chi connectivity index (χ0v) is 26.5. The van der Waals surface area contributed by atoms with Crippen molar-refractivity contribution in [3.05, 3.63) is 113 Å². The highest BCUT2D eigenvalue weighted by Gasteiger charge is 2.30. The number of hydrogen-bond donors (Lipinski definition) is 5. The number of aromatic nitrogens is 1. The Kier molecular flexibility index (Phi) is 10.9. The number of carbonyl (C=O) groups is 4. The minimum absolute atomic E-state index is 0.0544. The third-order valence-corrected chi connectivity index (χ3v) is 7.37. The summed E-state index contributed by atoms with van der Waals surface area (Å²) >= 11 is 0. The van der Waals surface area contributed by atoms with E-state index < -0.39 is 47.9 Å². The Labute approximate surface area is 268 Å². The molecule has 3 aromatic carbocycles. The Morgan fingerprint density at radius 3 is 2.24 bits per heavy atom. The Bertz CT molecular complexity index is 1720. The molecule has 46 heavy (non-hydrogen) atoms. The van der Waals surface area contributed by atoms with Crippen molar-refractivity contribution in [3.8, 4) is 0 Å². The van der Waals surface area contributed by atoms with Crippen LogP contribution in [-0.2, 0) is 22.4 Å².